The van der Waals surface area contributed by atoms with Crippen LogP contribution >= 0.6 is 0 Å². The van der Waals surface area contributed by atoms with E-state index in [1.54, 1.807) is 6.07 Å². The molecular formula is C16H21NO3S. The molecular weight excluding hydrogens is 286 g/mol. The topological polar surface area (TPSA) is 59.3 Å². The smallest absolute Gasteiger partial charge is 0.241 e. The molecule has 0 aliphatic heterocycles. The summed E-state index contributed by atoms with van der Waals surface area (Å²) in [5.41, 5.74) is 3.67. The lowest BCUT2D eigenvalue weighted by Crippen LogP contribution is -2.24. The van der Waals surface area contributed by atoms with Gasteiger partial charge in [-0.15, -0.1) is 0 Å². The second-order valence-electron chi connectivity index (χ2n) is 5.46. The van der Waals surface area contributed by atoms with Crippen LogP contribution in [-0.2, 0) is 16.6 Å². The average molecular weight is 307 g/mol. The van der Waals surface area contributed by atoms with Crippen LogP contribution in [0.15, 0.2) is 27.5 Å². The number of hydrogen-bond acceptors (Lipinski definition) is 3. The Balaban J connectivity index is 2.27. The van der Waals surface area contributed by atoms with Gasteiger partial charge < -0.3 is 4.42 Å². The average Bonchev–Trinajstić information content (AvgIpc) is 2.70. The van der Waals surface area contributed by atoms with Gasteiger partial charge in [-0.2, -0.15) is 0 Å². The number of aryl methyl sites for hydroxylation is 5. The summed E-state index contributed by atoms with van der Waals surface area (Å²) in [6, 6.07) is 5.47. The van der Waals surface area contributed by atoms with Crippen LogP contribution in [0.4, 0.5) is 0 Å². The van der Waals surface area contributed by atoms with Crippen molar-refractivity contribution in [3.8, 4) is 0 Å². The van der Waals surface area contributed by atoms with Gasteiger partial charge in [-0.3, -0.25) is 0 Å². The molecule has 5 heteroatoms. The zero-order valence-corrected chi connectivity index (χ0v) is 13.9. The van der Waals surface area contributed by atoms with Crippen molar-refractivity contribution in [1.29, 1.82) is 0 Å². The lowest BCUT2D eigenvalue weighted by Gasteiger charge is -2.11. The molecule has 1 aromatic heterocycles. The summed E-state index contributed by atoms with van der Waals surface area (Å²) in [4.78, 5) is 0.337. The van der Waals surface area contributed by atoms with Gasteiger partial charge in [0, 0.05) is 12.1 Å². The maximum Gasteiger partial charge on any atom is 0.241 e. The molecule has 114 valence electrons. The Labute approximate surface area is 126 Å². The van der Waals surface area contributed by atoms with E-state index in [1.807, 2.05) is 46.8 Å². The summed E-state index contributed by atoms with van der Waals surface area (Å²) < 4.78 is 33.0. The molecule has 0 radical (unpaired) electrons. The summed E-state index contributed by atoms with van der Waals surface area (Å²) in [5, 5.41) is 0. The molecule has 4 nitrogen and oxygen atoms in total. The van der Waals surface area contributed by atoms with Crippen molar-refractivity contribution >= 4 is 10.0 Å². The van der Waals surface area contributed by atoms with Gasteiger partial charge in [0.25, 0.3) is 0 Å². The molecule has 0 amide bonds. The van der Waals surface area contributed by atoms with Crippen molar-refractivity contribution in [2.75, 3.05) is 0 Å². The van der Waals surface area contributed by atoms with Gasteiger partial charge in [-0.1, -0.05) is 6.07 Å². The van der Waals surface area contributed by atoms with E-state index in [4.69, 9.17) is 4.42 Å². The van der Waals surface area contributed by atoms with Gasteiger partial charge in [0.15, 0.2) is 0 Å². The predicted octanol–water partition coefficient (Wildman–Crippen LogP) is 3.30. The third-order valence-electron chi connectivity index (χ3n) is 3.68. The molecule has 0 bridgehead atoms. The van der Waals surface area contributed by atoms with E-state index in [9.17, 15) is 8.42 Å². The molecule has 21 heavy (non-hydrogen) atoms. The second kappa shape index (κ2) is 5.66. The number of benzene rings is 1. The Hall–Kier alpha value is -1.59. The van der Waals surface area contributed by atoms with Gasteiger partial charge >= 0.3 is 0 Å². The molecule has 0 aliphatic carbocycles. The van der Waals surface area contributed by atoms with Gasteiger partial charge in [-0.25, -0.2) is 13.1 Å². The van der Waals surface area contributed by atoms with Crippen LogP contribution < -0.4 is 4.72 Å². The minimum atomic E-state index is -3.53. The number of nitrogens with one attached hydrogen (secondary N) is 1. The molecule has 0 saturated heterocycles. The summed E-state index contributed by atoms with van der Waals surface area (Å²) in [7, 11) is -3.53. The molecule has 1 N–H and O–H groups in total. The minimum Gasteiger partial charge on any atom is -0.466 e. The van der Waals surface area contributed by atoms with Gasteiger partial charge in [0.2, 0.25) is 10.0 Å². The summed E-state index contributed by atoms with van der Waals surface area (Å²) in [6.07, 6.45) is 0. The molecule has 2 aromatic rings. The van der Waals surface area contributed by atoms with Gasteiger partial charge in [-0.05, 0) is 63.4 Å². The van der Waals surface area contributed by atoms with Crippen LogP contribution in [0.1, 0.15) is 33.8 Å². The van der Waals surface area contributed by atoms with Crippen LogP contribution in [0, 0.1) is 34.6 Å². The predicted molar refractivity (Wildman–Crippen MR) is 82.9 cm³/mol. The first kappa shape index (κ1) is 15.8. The Bertz CT molecular complexity index is 773. The van der Waals surface area contributed by atoms with Gasteiger partial charge in [0.1, 0.15) is 11.5 Å². The molecule has 0 spiro atoms. The highest BCUT2D eigenvalue weighted by Crippen LogP contribution is 2.21. The molecule has 0 saturated carbocycles. The Morgan fingerprint density at radius 1 is 0.952 bits per heavy atom. The zero-order valence-electron chi connectivity index (χ0n) is 13.1. The van der Waals surface area contributed by atoms with E-state index in [1.165, 1.54) is 0 Å². The molecule has 1 aromatic carbocycles. The van der Waals surface area contributed by atoms with E-state index in [0.29, 0.717) is 4.90 Å². The maximum absolute atomic E-state index is 12.5. The fraction of sp³-hybridized carbons (Fsp3) is 0.375. The zero-order chi connectivity index (χ0) is 15.8. The van der Waals surface area contributed by atoms with Crippen molar-refractivity contribution in [2.24, 2.45) is 0 Å². The highest BCUT2D eigenvalue weighted by atomic mass is 32.2. The Kier molecular flexibility index (Phi) is 4.25. The van der Waals surface area contributed by atoms with E-state index < -0.39 is 10.0 Å². The van der Waals surface area contributed by atoms with E-state index in [-0.39, 0.29) is 6.54 Å². The first-order valence-corrected chi connectivity index (χ1v) is 8.32. The summed E-state index contributed by atoms with van der Waals surface area (Å²) in [6.45, 7) is 9.61. The van der Waals surface area contributed by atoms with E-state index >= 15 is 0 Å². The second-order valence-corrected chi connectivity index (χ2v) is 7.20. The summed E-state index contributed by atoms with van der Waals surface area (Å²) >= 11 is 0. The molecule has 0 unspecified atom stereocenters. The molecule has 2 rings (SSSR count). The van der Waals surface area contributed by atoms with Crippen LogP contribution in [0.25, 0.3) is 0 Å². The van der Waals surface area contributed by atoms with Crippen molar-refractivity contribution < 1.29 is 12.8 Å². The Morgan fingerprint density at radius 2 is 1.57 bits per heavy atom. The highest BCUT2D eigenvalue weighted by molar-refractivity contribution is 7.89. The molecule has 0 aliphatic rings. The summed E-state index contributed by atoms with van der Waals surface area (Å²) in [5.74, 6) is 1.52. The Morgan fingerprint density at radius 3 is 2.14 bits per heavy atom. The number of furan rings is 1. The number of sulfonamides is 1. The van der Waals surface area contributed by atoms with Crippen LogP contribution in [0.3, 0.4) is 0 Å². The van der Waals surface area contributed by atoms with Crippen LogP contribution in [-0.4, -0.2) is 8.42 Å². The van der Waals surface area contributed by atoms with Gasteiger partial charge in [0.05, 0.1) is 4.90 Å². The standard InChI is InChI=1S/C16H21NO3S/c1-10-6-12(3)16(7-11(10)2)21(18,19)17-9-15-8-13(4)20-14(15)5/h6-8,17H,9H2,1-5H3. The highest BCUT2D eigenvalue weighted by Gasteiger charge is 2.18. The molecule has 0 fully saturated rings. The van der Waals surface area contributed by atoms with Crippen LogP contribution in [0.2, 0.25) is 0 Å². The fourth-order valence-corrected chi connectivity index (χ4v) is 3.65. The van der Waals surface area contributed by atoms with Crippen molar-refractivity contribution in [3.63, 3.8) is 0 Å². The molecule has 0 atom stereocenters. The maximum atomic E-state index is 12.5. The molecule has 1 heterocycles. The van der Waals surface area contributed by atoms with E-state index in [0.717, 1.165) is 33.8 Å². The third-order valence-corrected chi connectivity index (χ3v) is 5.22. The normalized spacial score (nSPS) is 11.9. The lowest BCUT2D eigenvalue weighted by molar-refractivity contribution is 0.500. The SMILES string of the molecule is Cc1cc(CNS(=O)(=O)c2cc(C)c(C)cc2C)c(C)o1. The monoisotopic (exact) mass is 307 g/mol. The quantitative estimate of drug-likeness (QED) is 0.943. The van der Waals surface area contributed by atoms with E-state index in [2.05, 4.69) is 4.72 Å². The van der Waals surface area contributed by atoms with Crippen LogP contribution in [0.5, 0.6) is 0 Å². The largest absolute Gasteiger partial charge is 0.466 e. The first-order chi connectivity index (χ1) is 9.70. The fourth-order valence-electron chi connectivity index (χ4n) is 2.33. The van der Waals surface area contributed by atoms with Crippen molar-refractivity contribution in [3.05, 3.63) is 52.0 Å². The lowest BCUT2D eigenvalue weighted by atomic mass is 10.1. The third kappa shape index (κ3) is 3.36. The number of rotatable bonds is 4. The first-order valence-electron chi connectivity index (χ1n) is 6.84. The van der Waals surface area contributed by atoms with Crippen molar-refractivity contribution in [2.45, 2.75) is 46.1 Å². The van der Waals surface area contributed by atoms with Crippen molar-refractivity contribution in [1.82, 2.24) is 4.72 Å². The minimum absolute atomic E-state index is 0.234. The number of hydrogen-bond donors (Lipinski definition) is 1.